The van der Waals surface area contributed by atoms with Gasteiger partial charge in [-0.3, -0.25) is 9.59 Å². The maximum atomic E-state index is 13.0. The summed E-state index contributed by atoms with van der Waals surface area (Å²) in [6.45, 7) is 9.76. The summed E-state index contributed by atoms with van der Waals surface area (Å²) >= 11 is 0. The van der Waals surface area contributed by atoms with Gasteiger partial charge in [-0.2, -0.15) is 0 Å². The number of hydrogen-bond donors (Lipinski definition) is 1. The molecule has 27 heavy (non-hydrogen) atoms. The van der Waals surface area contributed by atoms with Crippen LogP contribution in [0, 0.1) is 12.8 Å². The fourth-order valence-electron chi connectivity index (χ4n) is 3.32. The average molecular weight is 374 g/mol. The van der Waals surface area contributed by atoms with Gasteiger partial charge in [0.1, 0.15) is 0 Å². The number of carbonyl (C=O) groups is 3. The van der Waals surface area contributed by atoms with Gasteiger partial charge in [0, 0.05) is 25.2 Å². The summed E-state index contributed by atoms with van der Waals surface area (Å²) in [6, 6.07) is 5.15. The number of rotatable bonds is 5. The van der Waals surface area contributed by atoms with E-state index in [-0.39, 0.29) is 23.8 Å². The standard InChI is InChI=1S/C21H30N2O4/c1-13(2)19(20(25)23-11-7-6-8-15(23)4)27-21(26)17-10-9-14(3)18(12-17)22-16(5)24/h9-10,12-13,15,19H,6-8,11H2,1-5H3,(H,22,24)/t15-,19-/m0/s1. The van der Waals surface area contributed by atoms with Crippen LogP contribution in [-0.2, 0) is 14.3 Å². The minimum Gasteiger partial charge on any atom is -0.448 e. The van der Waals surface area contributed by atoms with Crippen molar-refractivity contribution in [2.45, 2.75) is 66.0 Å². The van der Waals surface area contributed by atoms with Crippen LogP contribution in [0.2, 0.25) is 0 Å². The van der Waals surface area contributed by atoms with Gasteiger partial charge in [0.15, 0.2) is 6.10 Å². The van der Waals surface area contributed by atoms with E-state index in [0.29, 0.717) is 17.8 Å². The Balaban J connectivity index is 2.17. The predicted molar refractivity (Wildman–Crippen MR) is 105 cm³/mol. The van der Waals surface area contributed by atoms with Crippen molar-refractivity contribution < 1.29 is 19.1 Å². The maximum absolute atomic E-state index is 13.0. The predicted octanol–water partition coefficient (Wildman–Crippen LogP) is 3.54. The Morgan fingerprint density at radius 2 is 1.93 bits per heavy atom. The number of benzene rings is 1. The van der Waals surface area contributed by atoms with Gasteiger partial charge in [0.25, 0.3) is 5.91 Å². The number of carbonyl (C=O) groups excluding carboxylic acids is 3. The van der Waals surface area contributed by atoms with Crippen LogP contribution < -0.4 is 5.32 Å². The average Bonchev–Trinajstić information content (AvgIpc) is 2.60. The van der Waals surface area contributed by atoms with Crippen LogP contribution >= 0.6 is 0 Å². The van der Waals surface area contributed by atoms with Crippen LogP contribution in [0.15, 0.2) is 18.2 Å². The molecule has 2 atom stereocenters. The lowest BCUT2D eigenvalue weighted by molar-refractivity contribution is -0.146. The first-order valence-electron chi connectivity index (χ1n) is 9.60. The molecule has 2 amide bonds. The second kappa shape index (κ2) is 9.02. The molecule has 1 N–H and O–H groups in total. The normalized spacial score (nSPS) is 18.1. The third-order valence-corrected chi connectivity index (χ3v) is 4.95. The van der Waals surface area contributed by atoms with Crippen molar-refractivity contribution in [2.75, 3.05) is 11.9 Å². The van der Waals surface area contributed by atoms with Crippen molar-refractivity contribution in [1.29, 1.82) is 0 Å². The van der Waals surface area contributed by atoms with Gasteiger partial charge in [-0.05, 0) is 56.7 Å². The molecule has 1 heterocycles. The second-order valence-electron chi connectivity index (χ2n) is 7.66. The lowest BCUT2D eigenvalue weighted by Crippen LogP contribution is -2.49. The number of amides is 2. The van der Waals surface area contributed by atoms with Crippen molar-refractivity contribution in [2.24, 2.45) is 5.92 Å². The Labute approximate surface area is 161 Å². The monoisotopic (exact) mass is 374 g/mol. The lowest BCUT2D eigenvalue weighted by Gasteiger charge is -2.36. The largest absolute Gasteiger partial charge is 0.448 e. The molecule has 0 aliphatic carbocycles. The van der Waals surface area contributed by atoms with Crippen molar-refractivity contribution >= 4 is 23.5 Å². The number of nitrogens with zero attached hydrogens (tertiary/aromatic N) is 1. The number of anilines is 1. The SMILES string of the molecule is CC(=O)Nc1cc(C(=O)O[C@H](C(=O)N2CCCC[C@@H]2C)C(C)C)ccc1C. The summed E-state index contributed by atoms with van der Waals surface area (Å²) in [4.78, 5) is 38.8. The fraction of sp³-hybridized carbons (Fsp3) is 0.571. The van der Waals surface area contributed by atoms with E-state index >= 15 is 0 Å². The number of piperidine rings is 1. The Kier molecular flexibility index (Phi) is 6.99. The van der Waals surface area contributed by atoms with Crippen LogP contribution in [0.25, 0.3) is 0 Å². The number of nitrogens with one attached hydrogen (secondary N) is 1. The molecule has 1 aliphatic heterocycles. The molecule has 0 radical (unpaired) electrons. The van der Waals surface area contributed by atoms with Gasteiger partial charge in [0.2, 0.25) is 5.91 Å². The molecule has 0 bridgehead atoms. The second-order valence-corrected chi connectivity index (χ2v) is 7.66. The number of esters is 1. The third kappa shape index (κ3) is 5.31. The van der Waals surface area contributed by atoms with E-state index in [2.05, 4.69) is 5.32 Å². The molecule has 1 aromatic rings. The van der Waals surface area contributed by atoms with E-state index in [1.54, 1.807) is 18.2 Å². The quantitative estimate of drug-likeness (QED) is 0.800. The first kappa shape index (κ1) is 20.9. The van der Waals surface area contributed by atoms with E-state index in [9.17, 15) is 14.4 Å². The molecular formula is C21H30N2O4. The van der Waals surface area contributed by atoms with Crippen LogP contribution in [0.5, 0.6) is 0 Å². The minimum atomic E-state index is -0.816. The lowest BCUT2D eigenvalue weighted by atomic mass is 9.99. The molecular weight excluding hydrogens is 344 g/mol. The van der Waals surface area contributed by atoms with E-state index in [1.807, 2.05) is 32.6 Å². The summed E-state index contributed by atoms with van der Waals surface area (Å²) in [7, 11) is 0. The highest BCUT2D eigenvalue weighted by atomic mass is 16.5. The van der Waals surface area contributed by atoms with Crippen molar-refractivity contribution in [3.63, 3.8) is 0 Å². The smallest absolute Gasteiger partial charge is 0.338 e. The van der Waals surface area contributed by atoms with Crippen LogP contribution in [0.3, 0.4) is 0 Å². The topological polar surface area (TPSA) is 75.7 Å². The van der Waals surface area contributed by atoms with Gasteiger partial charge >= 0.3 is 5.97 Å². The molecule has 6 heteroatoms. The van der Waals surface area contributed by atoms with E-state index in [4.69, 9.17) is 4.74 Å². The highest BCUT2D eigenvalue weighted by Crippen LogP contribution is 2.23. The van der Waals surface area contributed by atoms with E-state index in [0.717, 1.165) is 24.8 Å². The molecule has 0 saturated carbocycles. The Hall–Kier alpha value is -2.37. The van der Waals surface area contributed by atoms with Gasteiger partial charge in [0.05, 0.1) is 5.56 Å². The van der Waals surface area contributed by atoms with Crippen LogP contribution in [0.1, 0.15) is 62.9 Å². The van der Waals surface area contributed by atoms with Gasteiger partial charge in [-0.15, -0.1) is 0 Å². The number of ether oxygens (including phenoxy) is 1. The van der Waals surface area contributed by atoms with Crippen LogP contribution in [0.4, 0.5) is 5.69 Å². The zero-order valence-electron chi connectivity index (χ0n) is 16.9. The maximum Gasteiger partial charge on any atom is 0.338 e. The summed E-state index contributed by atoms with van der Waals surface area (Å²) < 4.78 is 5.62. The molecule has 1 fully saturated rings. The molecule has 1 aliphatic rings. The zero-order chi connectivity index (χ0) is 20.1. The third-order valence-electron chi connectivity index (χ3n) is 4.95. The number of aryl methyl sites for hydroxylation is 1. The van der Waals surface area contributed by atoms with E-state index < -0.39 is 12.1 Å². The first-order chi connectivity index (χ1) is 12.7. The Morgan fingerprint density at radius 3 is 2.52 bits per heavy atom. The van der Waals surface area contributed by atoms with Gasteiger partial charge in [-0.25, -0.2) is 4.79 Å². The van der Waals surface area contributed by atoms with Crippen LogP contribution in [-0.4, -0.2) is 41.4 Å². The van der Waals surface area contributed by atoms with Gasteiger partial charge in [-0.1, -0.05) is 19.9 Å². The van der Waals surface area contributed by atoms with Crippen molar-refractivity contribution in [1.82, 2.24) is 4.90 Å². The molecule has 2 rings (SSSR count). The highest BCUT2D eigenvalue weighted by molar-refractivity contribution is 5.95. The molecule has 6 nitrogen and oxygen atoms in total. The molecule has 1 aromatic carbocycles. The number of hydrogen-bond acceptors (Lipinski definition) is 4. The molecule has 1 saturated heterocycles. The Bertz CT molecular complexity index is 714. The zero-order valence-corrected chi connectivity index (χ0v) is 16.9. The molecule has 148 valence electrons. The van der Waals surface area contributed by atoms with Gasteiger partial charge < -0.3 is 15.0 Å². The summed E-state index contributed by atoms with van der Waals surface area (Å²) in [5.41, 5.74) is 1.73. The van der Waals surface area contributed by atoms with E-state index in [1.165, 1.54) is 6.92 Å². The summed E-state index contributed by atoms with van der Waals surface area (Å²) in [5.74, 6) is -1.02. The molecule has 0 unspecified atom stereocenters. The molecule has 0 spiro atoms. The summed E-state index contributed by atoms with van der Waals surface area (Å²) in [6.07, 6.45) is 2.26. The number of likely N-dealkylation sites (tertiary alicyclic amines) is 1. The Morgan fingerprint density at radius 1 is 1.22 bits per heavy atom. The van der Waals surface area contributed by atoms with Crippen molar-refractivity contribution in [3.05, 3.63) is 29.3 Å². The highest BCUT2D eigenvalue weighted by Gasteiger charge is 2.34. The first-order valence-corrected chi connectivity index (χ1v) is 9.60. The summed E-state index contributed by atoms with van der Waals surface area (Å²) in [5, 5.41) is 2.70. The minimum absolute atomic E-state index is 0.125. The fourth-order valence-corrected chi connectivity index (χ4v) is 3.32. The van der Waals surface area contributed by atoms with Crippen molar-refractivity contribution in [3.8, 4) is 0 Å². The molecule has 0 aromatic heterocycles.